The Labute approximate surface area is 287 Å². The van der Waals surface area contributed by atoms with Crippen LogP contribution in [0.3, 0.4) is 0 Å². The summed E-state index contributed by atoms with van der Waals surface area (Å²) in [5, 5.41) is 13.1. The maximum atomic E-state index is 12.8. The van der Waals surface area contributed by atoms with E-state index in [-0.39, 0.29) is 24.6 Å². The largest absolute Gasteiger partial charge is 0.483 e. The molecule has 0 fully saturated rings. The van der Waals surface area contributed by atoms with E-state index in [1.807, 2.05) is 42.7 Å². The molecule has 0 spiro atoms. The van der Waals surface area contributed by atoms with Crippen molar-refractivity contribution < 1.29 is 24.2 Å². The van der Waals surface area contributed by atoms with Gasteiger partial charge in [0.25, 0.3) is 5.91 Å². The van der Waals surface area contributed by atoms with Gasteiger partial charge in [-0.25, -0.2) is 0 Å². The summed E-state index contributed by atoms with van der Waals surface area (Å²) in [6.45, 7) is 5.24. The minimum atomic E-state index is -0.822. The zero-order valence-corrected chi connectivity index (χ0v) is 29.4. The number of thioether (sulfide) groups is 1. The molecule has 1 aliphatic heterocycles. The van der Waals surface area contributed by atoms with E-state index in [9.17, 15) is 14.4 Å². The molecule has 47 heavy (non-hydrogen) atoms. The van der Waals surface area contributed by atoms with Gasteiger partial charge in [0.15, 0.2) is 6.61 Å². The Balaban J connectivity index is 0.000000913. The van der Waals surface area contributed by atoms with E-state index in [1.54, 1.807) is 30.8 Å². The van der Waals surface area contributed by atoms with Crippen LogP contribution in [0.25, 0.3) is 0 Å². The van der Waals surface area contributed by atoms with Crippen molar-refractivity contribution in [3.05, 3.63) is 78.4 Å². The number of para-hydroxylation sites is 1. The Morgan fingerprint density at radius 1 is 1.06 bits per heavy atom. The number of unbranched alkanes of at least 4 members (excludes halogenated alkanes) is 2. The van der Waals surface area contributed by atoms with Gasteiger partial charge in [-0.3, -0.25) is 14.3 Å². The second kappa shape index (κ2) is 20.0. The molecule has 0 bridgehead atoms. The molecule has 254 valence electrons. The number of nitrogens with one attached hydrogen (secondary N) is 3. The molecular formula is C36H48N4O5S2. The van der Waals surface area contributed by atoms with E-state index < -0.39 is 12.0 Å². The summed E-state index contributed by atoms with van der Waals surface area (Å²) in [5.74, 6) is -0.508. The lowest BCUT2D eigenvalue weighted by molar-refractivity contribution is -0.135. The number of carboxylic acid groups (broad SMARTS) is 1. The molecule has 3 aromatic carbocycles. The lowest BCUT2D eigenvalue weighted by atomic mass is 9.87. The summed E-state index contributed by atoms with van der Waals surface area (Å²) in [7, 11) is 1.59. The van der Waals surface area contributed by atoms with Crippen LogP contribution < -0.4 is 25.0 Å². The SMILES string of the molecule is CCCCC1(CCCC)CN(c2ccccc2)c2cc(SC)c(OCC(=O)NC(C=O)c3ccccc3)cc2SN1.CNCC(=O)O. The van der Waals surface area contributed by atoms with Crippen LogP contribution in [0.2, 0.25) is 0 Å². The van der Waals surface area contributed by atoms with E-state index in [0.29, 0.717) is 5.75 Å². The van der Waals surface area contributed by atoms with Gasteiger partial charge in [-0.15, -0.1) is 11.8 Å². The molecule has 1 aliphatic rings. The number of carboxylic acids is 1. The second-order valence-electron chi connectivity index (χ2n) is 11.4. The molecule has 4 N–H and O–H groups in total. The quantitative estimate of drug-likeness (QED) is 0.0715. The van der Waals surface area contributed by atoms with Crippen LogP contribution in [0, 0.1) is 0 Å². The normalized spacial score (nSPS) is 14.1. The van der Waals surface area contributed by atoms with Crippen LogP contribution in [-0.4, -0.2) is 61.8 Å². The van der Waals surface area contributed by atoms with Crippen molar-refractivity contribution in [3.63, 3.8) is 0 Å². The summed E-state index contributed by atoms with van der Waals surface area (Å²) in [4.78, 5) is 38.5. The van der Waals surface area contributed by atoms with Gasteiger partial charge in [-0.2, -0.15) is 0 Å². The number of benzene rings is 3. The fourth-order valence-electron chi connectivity index (χ4n) is 5.30. The number of hydrogen-bond acceptors (Lipinski definition) is 9. The fraction of sp³-hybridized carbons (Fsp3) is 0.417. The van der Waals surface area contributed by atoms with Crippen molar-refractivity contribution >= 4 is 53.2 Å². The molecule has 9 nitrogen and oxygen atoms in total. The van der Waals surface area contributed by atoms with Crippen molar-refractivity contribution in [1.82, 2.24) is 15.4 Å². The first kappa shape index (κ1) is 37.9. The first-order chi connectivity index (χ1) is 22.8. The molecule has 0 saturated heterocycles. The summed E-state index contributed by atoms with van der Waals surface area (Å²) >= 11 is 3.26. The van der Waals surface area contributed by atoms with E-state index in [4.69, 9.17) is 9.84 Å². The van der Waals surface area contributed by atoms with E-state index in [0.717, 1.165) is 65.2 Å². The smallest absolute Gasteiger partial charge is 0.317 e. The number of likely N-dealkylation sites (N-methyl/N-ethyl adjacent to an activating group) is 1. The van der Waals surface area contributed by atoms with Gasteiger partial charge < -0.3 is 30.2 Å². The van der Waals surface area contributed by atoms with Crippen molar-refractivity contribution in [2.45, 2.75) is 73.7 Å². The van der Waals surface area contributed by atoms with Gasteiger partial charge in [0.05, 0.1) is 22.0 Å². The number of amides is 1. The van der Waals surface area contributed by atoms with Crippen LogP contribution >= 0.6 is 23.7 Å². The molecule has 1 atom stereocenters. The summed E-state index contributed by atoms with van der Waals surface area (Å²) in [5.41, 5.74) is 3.00. The van der Waals surface area contributed by atoms with Crippen LogP contribution in [0.4, 0.5) is 11.4 Å². The third-order valence-corrected chi connectivity index (χ3v) is 9.60. The third-order valence-electron chi connectivity index (χ3n) is 7.76. The predicted octanol–water partition coefficient (Wildman–Crippen LogP) is 7.00. The van der Waals surface area contributed by atoms with E-state index in [2.05, 4.69) is 70.5 Å². The lowest BCUT2D eigenvalue weighted by Gasteiger charge is -2.38. The van der Waals surface area contributed by atoms with Crippen molar-refractivity contribution in [2.75, 3.05) is 37.9 Å². The first-order valence-corrected chi connectivity index (χ1v) is 18.1. The van der Waals surface area contributed by atoms with E-state index in [1.165, 1.54) is 12.8 Å². The molecule has 1 heterocycles. The minimum Gasteiger partial charge on any atom is -0.483 e. The van der Waals surface area contributed by atoms with Gasteiger partial charge in [0.2, 0.25) is 0 Å². The fourth-order valence-corrected chi connectivity index (χ4v) is 6.88. The Bertz CT molecular complexity index is 1400. The standard InChI is InChI=1S/C33H41N3O3S2.C3H7NO2/c1-4-6-18-33(19-7-5-2)24-36(26-16-12-9-13-17-26)28-20-31(40-3)29(21-30(28)41-35-33)39-23-32(38)34-27(22-37)25-14-10-8-11-15-25;1-4-2-3(5)6/h8-17,20-22,27,35H,4-7,18-19,23-24H2,1-3H3,(H,34,38);4H,2H2,1H3,(H,5,6). The van der Waals surface area contributed by atoms with Crippen molar-refractivity contribution in [1.29, 1.82) is 0 Å². The highest BCUT2D eigenvalue weighted by molar-refractivity contribution is 7.98. The number of aldehydes is 1. The average Bonchev–Trinajstić information content (AvgIpc) is 3.25. The zero-order chi connectivity index (χ0) is 34.1. The second-order valence-corrected chi connectivity index (χ2v) is 13.1. The van der Waals surface area contributed by atoms with Crippen LogP contribution in [0.15, 0.2) is 82.6 Å². The highest BCUT2D eigenvalue weighted by atomic mass is 32.2. The number of ether oxygens (including phenoxy) is 1. The van der Waals surface area contributed by atoms with Crippen molar-refractivity contribution in [2.24, 2.45) is 0 Å². The van der Waals surface area contributed by atoms with Gasteiger partial charge in [0, 0.05) is 17.8 Å². The maximum absolute atomic E-state index is 12.8. The van der Waals surface area contributed by atoms with E-state index >= 15 is 0 Å². The van der Waals surface area contributed by atoms with Crippen LogP contribution in [-0.2, 0) is 14.4 Å². The summed E-state index contributed by atoms with van der Waals surface area (Å²) in [6.07, 6.45) is 9.62. The highest BCUT2D eigenvalue weighted by Gasteiger charge is 2.36. The first-order valence-electron chi connectivity index (χ1n) is 16.1. The number of anilines is 2. The topological polar surface area (TPSA) is 120 Å². The Hall–Kier alpha value is -3.51. The van der Waals surface area contributed by atoms with Gasteiger partial charge in [-0.1, -0.05) is 88.1 Å². The number of nitrogens with zero attached hydrogens (tertiary/aromatic N) is 1. The maximum Gasteiger partial charge on any atom is 0.317 e. The minimum absolute atomic E-state index is 0.0345. The van der Waals surface area contributed by atoms with Gasteiger partial charge in [0.1, 0.15) is 18.1 Å². The molecule has 3 aromatic rings. The van der Waals surface area contributed by atoms with Gasteiger partial charge in [-0.05, 0) is 67.9 Å². The number of hydrogen-bond donors (Lipinski definition) is 4. The average molecular weight is 681 g/mol. The highest BCUT2D eigenvalue weighted by Crippen LogP contribution is 2.45. The molecule has 11 heteroatoms. The third kappa shape index (κ3) is 11.6. The number of fused-ring (bicyclic) bond motifs is 1. The monoisotopic (exact) mass is 680 g/mol. The number of aliphatic carboxylic acids is 1. The molecule has 0 saturated carbocycles. The Morgan fingerprint density at radius 3 is 2.23 bits per heavy atom. The summed E-state index contributed by atoms with van der Waals surface area (Å²) in [6, 6.07) is 23.3. The summed E-state index contributed by atoms with van der Waals surface area (Å²) < 4.78 is 9.99. The molecule has 0 aromatic heterocycles. The molecule has 4 rings (SSSR count). The Kier molecular flexibility index (Phi) is 16.1. The molecular weight excluding hydrogens is 633 g/mol. The number of carbonyl (C=O) groups excluding carboxylic acids is 2. The van der Waals surface area contributed by atoms with Crippen LogP contribution in [0.1, 0.15) is 64.0 Å². The van der Waals surface area contributed by atoms with Crippen LogP contribution in [0.5, 0.6) is 5.75 Å². The zero-order valence-electron chi connectivity index (χ0n) is 27.8. The van der Waals surface area contributed by atoms with Gasteiger partial charge >= 0.3 is 5.97 Å². The molecule has 0 radical (unpaired) electrons. The number of carbonyl (C=O) groups is 3. The lowest BCUT2D eigenvalue weighted by Crippen LogP contribution is -2.49. The van der Waals surface area contributed by atoms with Crippen molar-refractivity contribution in [3.8, 4) is 5.75 Å². The number of rotatable bonds is 16. The predicted molar refractivity (Wildman–Crippen MR) is 193 cm³/mol. The Morgan fingerprint density at radius 2 is 1.70 bits per heavy atom. The molecule has 1 unspecified atom stereocenters. The molecule has 0 aliphatic carbocycles. The molecule has 1 amide bonds.